The number of benzene rings is 1. The van der Waals surface area contributed by atoms with Crippen molar-refractivity contribution in [3.8, 4) is 11.5 Å². The summed E-state index contributed by atoms with van der Waals surface area (Å²) in [5.74, 6) is 1.48. The van der Waals surface area contributed by atoms with Gasteiger partial charge >= 0.3 is 0 Å². The summed E-state index contributed by atoms with van der Waals surface area (Å²) in [4.78, 5) is 13.0. The summed E-state index contributed by atoms with van der Waals surface area (Å²) in [6, 6.07) is 6.05. The van der Waals surface area contributed by atoms with Gasteiger partial charge in [-0.1, -0.05) is 58.6 Å². The monoisotopic (exact) mass is 426 g/mol. The normalized spacial score (nSPS) is 11.5. The third kappa shape index (κ3) is 6.65. The average molecular weight is 427 g/mol. The number of hydrogen-bond acceptors (Lipinski definition) is 4. The summed E-state index contributed by atoms with van der Waals surface area (Å²) in [6.45, 7) is 11.0. The van der Waals surface area contributed by atoms with Gasteiger partial charge in [0, 0.05) is 31.1 Å². The quantitative estimate of drug-likeness (QED) is 0.211. The summed E-state index contributed by atoms with van der Waals surface area (Å²) in [6.07, 6.45) is 11.9. The lowest BCUT2D eigenvalue weighted by Gasteiger charge is -2.18. The summed E-state index contributed by atoms with van der Waals surface area (Å²) in [5.41, 5.74) is 1.60. The number of pyridine rings is 1. The van der Waals surface area contributed by atoms with E-state index in [1.54, 1.807) is 17.7 Å². The van der Waals surface area contributed by atoms with Crippen molar-refractivity contribution in [1.82, 2.24) is 4.57 Å². The van der Waals surface area contributed by atoms with E-state index < -0.39 is 0 Å². The van der Waals surface area contributed by atoms with Crippen LogP contribution in [0.1, 0.15) is 65.7 Å². The van der Waals surface area contributed by atoms with Crippen LogP contribution in [0.3, 0.4) is 0 Å². The largest absolute Gasteiger partial charge is 0.481 e. The zero-order valence-electron chi connectivity index (χ0n) is 19.6. The first kappa shape index (κ1) is 24.6. The highest BCUT2D eigenvalue weighted by atomic mass is 16.5. The molecule has 2 aromatic rings. The van der Waals surface area contributed by atoms with Crippen LogP contribution in [0.15, 0.2) is 47.5 Å². The van der Waals surface area contributed by atoms with Crippen molar-refractivity contribution in [3.63, 3.8) is 0 Å². The first-order chi connectivity index (χ1) is 15.1. The van der Waals surface area contributed by atoms with E-state index in [0.717, 1.165) is 41.7 Å². The van der Waals surface area contributed by atoms with Crippen LogP contribution < -0.4 is 20.3 Å². The molecule has 5 heteroatoms. The van der Waals surface area contributed by atoms with Gasteiger partial charge in [-0.3, -0.25) is 4.79 Å². The molecular weight excluding hydrogens is 388 g/mol. The Morgan fingerprint density at radius 1 is 1.13 bits per heavy atom. The van der Waals surface area contributed by atoms with Gasteiger partial charge in [0.1, 0.15) is 6.61 Å². The molecule has 2 rings (SSSR count). The van der Waals surface area contributed by atoms with Crippen molar-refractivity contribution >= 4 is 16.6 Å². The molecule has 1 N–H and O–H groups in total. The van der Waals surface area contributed by atoms with Crippen molar-refractivity contribution in [3.05, 3.63) is 53.0 Å². The molecule has 0 saturated heterocycles. The third-order valence-electron chi connectivity index (χ3n) is 5.42. The number of nitrogens with one attached hydrogen (secondary N) is 1. The Hall–Kier alpha value is -2.69. The smallest absolute Gasteiger partial charge is 0.297 e. The lowest BCUT2D eigenvalue weighted by Crippen LogP contribution is -2.21. The Labute approximate surface area is 186 Å². The van der Waals surface area contributed by atoms with Gasteiger partial charge in [-0.05, 0) is 37.6 Å². The van der Waals surface area contributed by atoms with Crippen molar-refractivity contribution in [2.75, 3.05) is 18.5 Å². The number of fused-ring (bicyclic) bond motifs is 1. The minimum atomic E-state index is -0.219. The van der Waals surface area contributed by atoms with Gasteiger partial charge in [-0.25, -0.2) is 0 Å². The van der Waals surface area contributed by atoms with Gasteiger partial charge in [0.05, 0.1) is 11.3 Å². The molecule has 0 amide bonds. The van der Waals surface area contributed by atoms with E-state index in [0.29, 0.717) is 5.75 Å². The molecule has 1 aromatic carbocycles. The number of anilines is 1. The van der Waals surface area contributed by atoms with E-state index in [1.807, 2.05) is 38.1 Å². The molecule has 0 aliphatic rings. The van der Waals surface area contributed by atoms with E-state index in [-0.39, 0.29) is 17.9 Å². The van der Waals surface area contributed by atoms with Crippen LogP contribution in [0, 0.1) is 0 Å². The summed E-state index contributed by atoms with van der Waals surface area (Å²) in [5, 5.41) is 4.34. The minimum Gasteiger partial charge on any atom is -0.481 e. The molecular formula is C26H38N2O3. The average Bonchev–Trinajstić information content (AvgIpc) is 2.79. The highest BCUT2D eigenvalue weighted by molar-refractivity contribution is 5.90. The molecule has 170 valence electrons. The second-order valence-electron chi connectivity index (χ2n) is 7.76. The molecule has 5 nitrogen and oxygen atoms in total. The van der Waals surface area contributed by atoms with Gasteiger partial charge in [-0.2, -0.15) is 0 Å². The molecule has 0 atom stereocenters. The van der Waals surface area contributed by atoms with Crippen LogP contribution in [-0.4, -0.2) is 17.7 Å². The Morgan fingerprint density at radius 3 is 2.55 bits per heavy atom. The number of nitrogens with zero attached hydrogens (tertiary/aromatic N) is 1. The van der Waals surface area contributed by atoms with Crippen molar-refractivity contribution in [2.45, 2.75) is 65.7 Å². The maximum atomic E-state index is 13.0. The van der Waals surface area contributed by atoms with Gasteiger partial charge in [0.25, 0.3) is 5.56 Å². The lowest BCUT2D eigenvalue weighted by molar-refractivity contribution is 0.322. The number of aryl methyl sites for hydroxylation is 1. The SMILES string of the molecule is C=CCOc1c(OC(=CC)CC)c2ccc(NCCCCCCCC)cc2n(C)c1=O. The fourth-order valence-electron chi connectivity index (χ4n) is 3.57. The molecule has 0 aliphatic carbocycles. The Kier molecular flexibility index (Phi) is 10.2. The number of allylic oxidation sites excluding steroid dienone is 2. The number of rotatable bonds is 14. The van der Waals surface area contributed by atoms with Crippen LogP contribution in [0.5, 0.6) is 11.5 Å². The van der Waals surface area contributed by atoms with E-state index in [9.17, 15) is 4.79 Å². The second kappa shape index (κ2) is 12.9. The number of ether oxygens (including phenoxy) is 2. The van der Waals surface area contributed by atoms with Gasteiger partial charge in [-0.15, -0.1) is 0 Å². The van der Waals surface area contributed by atoms with E-state index in [4.69, 9.17) is 9.47 Å². The summed E-state index contributed by atoms with van der Waals surface area (Å²) in [7, 11) is 1.77. The van der Waals surface area contributed by atoms with Crippen LogP contribution in [0.2, 0.25) is 0 Å². The van der Waals surface area contributed by atoms with Crippen molar-refractivity contribution < 1.29 is 9.47 Å². The van der Waals surface area contributed by atoms with Gasteiger partial charge in [0.2, 0.25) is 5.75 Å². The topological polar surface area (TPSA) is 52.5 Å². The predicted molar refractivity (Wildman–Crippen MR) is 131 cm³/mol. The molecule has 1 aromatic heterocycles. The predicted octanol–water partition coefficient (Wildman–Crippen LogP) is 6.57. The van der Waals surface area contributed by atoms with Crippen LogP contribution in [0.25, 0.3) is 10.9 Å². The lowest BCUT2D eigenvalue weighted by atomic mass is 10.1. The first-order valence-electron chi connectivity index (χ1n) is 11.5. The van der Waals surface area contributed by atoms with E-state index >= 15 is 0 Å². The number of hydrogen-bond donors (Lipinski definition) is 1. The van der Waals surface area contributed by atoms with Gasteiger partial charge in [0.15, 0.2) is 5.75 Å². The van der Waals surface area contributed by atoms with Crippen molar-refractivity contribution in [1.29, 1.82) is 0 Å². The Morgan fingerprint density at radius 2 is 1.87 bits per heavy atom. The molecule has 31 heavy (non-hydrogen) atoms. The maximum Gasteiger partial charge on any atom is 0.297 e. The summed E-state index contributed by atoms with van der Waals surface area (Å²) < 4.78 is 13.5. The summed E-state index contributed by atoms with van der Waals surface area (Å²) >= 11 is 0. The maximum absolute atomic E-state index is 13.0. The number of unbranched alkanes of at least 4 members (excludes halogenated alkanes) is 5. The second-order valence-corrected chi connectivity index (χ2v) is 7.76. The Bertz CT molecular complexity index is 944. The molecule has 0 aliphatic heterocycles. The van der Waals surface area contributed by atoms with Crippen LogP contribution in [-0.2, 0) is 7.05 Å². The fraction of sp³-hybridized carbons (Fsp3) is 0.500. The highest BCUT2D eigenvalue weighted by Gasteiger charge is 2.19. The zero-order valence-corrected chi connectivity index (χ0v) is 19.6. The molecule has 1 heterocycles. The number of aromatic nitrogens is 1. The van der Waals surface area contributed by atoms with Crippen LogP contribution >= 0.6 is 0 Å². The van der Waals surface area contributed by atoms with E-state index in [1.165, 1.54) is 32.1 Å². The third-order valence-corrected chi connectivity index (χ3v) is 5.42. The standard InChI is InChI=1S/C26H38N2O3/c1-6-10-11-12-13-14-17-27-20-15-16-22-23(19-20)28(5)26(29)25(30-18-7-2)24(22)31-21(8-3)9-4/h7-8,15-16,19,27H,2,6,9-14,17-18H2,1,3-5H3. The first-order valence-corrected chi connectivity index (χ1v) is 11.5. The molecule has 0 unspecified atom stereocenters. The van der Waals surface area contributed by atoms with Gasteiger partial charge < -0.3 is 19.4 Å². The molecule has 0 radical (unpaired) electrons. The Balaban J connectivity index is 2.31. The fourth-order valence-corrected chi connectivity index (χ4v) is 3.57. The molecule has 0 fully saturated rings. The van der Waals surface area contributed by atoms with E-state index in [2.05, 4.69) is 18.8 Å². The van der Waals surface area contributed by atoms with Crippen molar-refractivity contribution in [2.24, 2.45) is 7.05 Å². The molecule has 0 spiro atoms. The zero-order chi connectivity index (χ0) is 22.6. The molecule has 0 saturated carbocycles. The molecule has 0 bridgehead atoms. The van der Waals surface area contributed by atoms with Crippen LogP contribution in [0.4, 0.5) is 5.69 Å². The highest BCUT2D eigenvalue weighted by Crippen LogP contribution is 2.35. The minimum absolute atomic E-state index is 0.218.